The molecule has 2 aromatic carbocycles. The van der Waals surface area contributed by atoms with Gasteiger partial charge < -0.3 is 9.84 Å². The fourth-order valence-corrected chi connectivity index (χ4v) is 3.42. The SMILES string of the molecule is O=C(CCc1nc(CSc2n[nH]c(-c3ccc(Cl)cc3)n2)no1)Nc1ccc(F)cc1F. The molecule has 0 atom stereocenters. The number of halogens is 3. The summed E-state index contributed by atoms with van der Waals surface area (Å²) < 4.78 is 31.7. The minimum absolute atomic E-state index is 0.00301. The lowest BCUT2D eigenvalue weighted by Crippen LogP contribution is -2.13. The van der Waals surface area contributed by atoms with Crippen LogP contribution < -0.4 is 5.32 Å². The van der Waals surface area contributed by atoms with Gasteiger partial charge in [0, 0.05) is 29.5 Å². The largest absolute Gasteiger partial charge is 0.339 e. The Bertz CT molecular complexity index is 1230. The minimum atomic E-state index is -0.846. The minimum Gasteiger partial charge on any atom is -0.339 e. The molecule has 0 aliphatic heterocycles. The standard InChI is InChI=1S/C20H15ClF2N6O2S/c21-12-3-1-11(2-4-12)19-26-20(28-27-19)32-10-16-25-18(31-29-16)8-7-17(30)24-15-6-5-13(22)9-14(15)23/h1-6,9H,7-8,10H2,(H,24,30)(H,26,27,28). The average molecular weight is 477 g/mol. The van der Waals surface area contributed by atoms with Gasteiger partial charge in [0.1, 0.15) is 11.6 Å². The molecule has 0 saturated carbocycles. The number of nitrogens with zero attached hydrogens (tertiary/aromatic N) is 4. The van der Waals surface area contributed by atoms with Crippen molar-refractivity contribution >= 4 is 35.0 Å². The maximum Gasteiger partial charge on any atom is 0.227 e. The van der Waals surface area contributed by atoms with Crippen LogP contribution in [0.1, 0.15) is 18.1 Å². The summed E-state index contributed by atoms with van der Waals surface area (Å²) in [7, 11) is 0. The molecule has 0 aliphatic rings. The van der Waals surface area contributed by atoms with E-state index in [0.29, 0.717) is 33.6 Å². The van der Waals surface area contributed by atoms with Gasteiger partial charge in [-0.25, -0.2) is 13.8 Å². The van der Waals surface area contributed by atoms with Gasteiger partial charge in [0.2, 0.25) is 17.0 Å². The number of aryl methyl sites for hydroxylation is 1. The summed E-state index contributed by atoms with van der Waals surface area (Å²) in [4.78, 5) is 20.6. The summed E-state index contributed by atoms with van der Waals surface area (Å²) in [5, 5.41) is 14.4. The summed E-state index contributed by atoms with van der Waals surface area (Å²) in [6.45, 7) is 0. The third-order valence-corrected chi connectivity index (χ3v) is 5.29. The fourth-order valence-electron chi connectivity index (χ4n) is 2.65. The van der Waals surface area contributed by atoms with Crippen LogP contribution in [-0.2, 0) is 17.0 Å². The monoisotopic (exact) mass is 476 g/mol. The quantitative estimate of drug-likeness (QED) is 0.356. The number of anilines is 1. The molecule has 0 unspecified atom stereocenters. The number of thioether (sulfide) groups is 1. The average Bonchev–Trinajstić information content (AvgIpc) is 3.43. The first-order chi connectivity index (χ1) is 15.5. The number of aromatic nitrogens is 5. The van der Waals surface area contributed by atoms with Crippen LogP contribution in [0.15, 0.2) is 52.1 Å². The van der Waals surface area contributed by atoms with Crippen molar-refractivity contribution in [3.63, 3.8) is 0 Å². The van der Waals surface area contributed by atoms with Crippen LogP contribution in [0.3, 0.4) is 0 Å². The molecule has 8 nitrogen and oxygen atoms in total. The van der Waals surface area contributed by atoms with E-state index < -0.39 is 17.5 Å². The topological polar surface area (TPSA) is 110 Å². The smallest absolute Gasteiger partial charge is 0.227 e. The van der Waals surface area contributed by atoms with Gasteiger partial charge in [0.15, 0.2) is 11.6 Å². The lowest BCUT2D eigenvalue weighted by atomic mass is 10.2. The molecule has 1 amide bonds. The number of rotatable bonds is 8. The highest BCUT2D eigenvalue weighted by atomic mass is 35.5. The van der Waals surface area contributed by atoms with Crippen LogP contribution in [0.2, 0.25) is 5.02 Å². The van der Waals surface area contributed by atoms with E-state index in [1.54, 1.807) is 12.1 Å². The third-order valence-electron chi connectivity index (χ3n) is 4.19. The Balaban J connectivity index is 1.26. The maximum atomic E-state index is 13.6. The molecule has 4 rings (SSSR count). The molecule has 2 heterocycles. The third kappa shape index (κ3) is 5.68. The van der Waals surface area contributed by atoms with E-state index in [-0.39, 0.29) is 24.4 Å². The van der Waals surface area contributed by atoms with Gasteiger partial charge in [-0.3, -0.25) is 9.89 Å². The van der Waals surface area contributed by atoms with Crippen molar-refractivity contribution in [2.24, 2.45) is 0 Å². The van der Waals surface area contributed by atoms with Crippen LogP contribution in [-0.4, -0.2) is 31.2 Å². The summed E-state index contributed by atoms with van der Waals surface area (Å²) in [5.41, 5.74) is 0.762. The molecule has 4 aromatic rings. The summed E-state index contributed by atoms with van der Waals surface area (Å²) >= 11 is 7.21. The van der Waals surface area contributed by atoms with Crippen molar-refractivity contribution in [1.82, 2.24) is 25.3 Å². The molecule has 0 spiro atoms. The molecule has 164 valence electrons. The van der Waals surface area contributed by atoms with E-state index in [4.69, 9.17) is 16.1 Å². The van der Waals surface area contributed by atoms with Crippen molar-refractivity contribution in [1.29, 1.82) is 0 Å². The van der Waals surface area contributed by atoms with Crippen molar-refractivity contribution < 1.29 is 18.1 Å². The second-order valence-corrected chi connectivity index (χ2v) is 7.92. The first kappa shape index (κ1) is 21.9. The molecule has 0 fully saturated rings. The van der Waals surface area contributed by atoms with Crippen LogP contribution in [0.5, 0.6) is 0 Å². The predicted octanol–water partition coefficient (Wildman–Crippen LogP) is 4.65. The first-order valence-electron chi connectivity index (χ1n) is 9.34. The van der Waals surface area contributed by atoms with Gasteiger partial charge in [-0.05, 0) is 36.4 Å². The molecule has 32 heavy (non-hydrogen) atoms. The van der Waals surface area contributed by atoms with Crippen molar-refractivity contribution in [2.45, 2.75) is 23.8 Å². The molecule has 0 bridgehead atoms. The van der Waals surface area contributed by atoms with Crippen molar-refractivity contribution in [2.75, 3.05) is 5.32 Å². The molecular formula is C20H15ClF2N6O2S. The molecule has 2 N–H and O–H groups in total. The van der Waals surface area contributed by atoms with E-state index in [1.807, 2.05) is 12.1 Å². The number of carbonyl (C=O) groups excluding carboxylic acids is 1. The molecule has 0 aliphatic carbocycles. The number of carbonyl (C=O) groups is 1. The van der Waals surface area contributed by atoms with Gasteiger partial charge >= 0.3 is 0 Å². The number of hydrogen-bond donors (Lipinski definition) is 2. The van der Waals surface area contributed by atoms with E-state index in [2.05, 4.69) is 30.6 Å². The summed E-state index contributed by atoms with van der Waals surface area (Å²) in [5.74, 6) is -0.347. The number of aromatic amines is 1. The van der Waals surface area contributed by atoms with Crippen LogP contribution in [0.25, 0.3) is 11.4 Å². The predicted molar refractivity (Wildman–Crippen MR) is 114 cm³/mol. The van der Waals surface area contributed by atoms with E-state index in [1.165, 1.54) is 11.8 Å². The summed E-state index contributed by atoms with van der Waals surface area (Å²) in [6, 6.07) is 10.1. The van der Waals surface area contributed by atoms with Gasteiger partial charge in [-0.15, -0.1) is 5.10 Å². The Morgan fingerprint density at radius 2 is 1.97 bits per heavy atom. The molecule has 12 heteroatoms. The number of nitrogens with one attached hydrogen (secondary N) is 2. The Hall–Kier alpha value is -3.31. The Morgan fingerprint density at radius 3 is 2.75 bits per heavy atom. The molecular weight excluding hydrogens is 462 g/mol. The Labute approximate surface area is 189 Å². The first-order valence-corrected chi connectivity index (χ1v) is 10.7. The fraction of sp³-hybridized carbons (Fsp3) is 0.150. The van der Waals surface area contributed by atoms with Gasteiger partial charge in [-0.1, -0.05) is 28.5 Å². The normalized spacial score (nSPS) is 11.0. The maximum absolute atomic E-state index is 13.6. The lowest BCUT2D eigenvalue weighted by Gasteiger charge is -2.05. The van der Waals surface area contributed by atoms with E-state index >= 15 is 0 Å². The van der Waals surface area contributed by atoms with Gasteiger partial charge in [0.25, 0.3) is 0 Å². The van der Waals surface area contributed by atoms with Crippen LogP contribution in [0, 0.1) is 11.6 Å². The Morgan fingerprint density at radius 1 is 1.16 bits per heavy atom. The highest BCUT2D eigenvalue weighted by molar-refractivity contribution is 7.98. The summed E-state index contributed by atoms with van der Waals surface area (Å²) in [6.07, 6.45) is 0.171. The highest BCUT2D eigenvalue weighted by Gasteiger charge is 2.13. The zero-order valence-electron chi connectivity index (χ0n) is 16.3. The number of H-pyrrole nitrogens is 1. The molecule has 2 aromatic heterocycles. The van der Waals surface area contributed by atoms with E-state index in [9.17, 15) is 13.6 Å². The zero-order valence-corrected chi connectivity index (χ0v) is 17.9. The van der Waals surface area contributed by atoms with Crippen LogP contribution in [0.4, 0.5) is 14.5 Å². The molecule has 0 radical (unpaired) electrons. The highest BCUT2D eigenvalue weighted by Crippen LogP contribution is 2.23. The van der Waals surface area contributed by atoms with Crippen molar-refractivity contribution in [3.05, 3.63) is 70.8 Å². The molecule has 0 saturated heterocycles. The number of benzene rings is 2. The van der Waals surface area contributed by atoms with Crippen molar-refractivity contribution in [3.8, 4) is 11.4 Å². The second-order valence-electron chi connectivity index (χ2n) is 6.54. The second kappa shape index (κ2) is 9.88. The lowest BCUT2D eigenvalue weighted by molar-refractivity contribution is -0.116. The van der Waals surface area contributed by atoms with Gasteiger partial charge in [-0.2, -0.15) is 4.98 Å². The zero-order chi connectivity index (χ0) is 22.5. The van der Waals surface area contributed by atoms with E-state index in [0.717, 1.165) is 17.7 Å². The van der Waals surface area contributed by atoms with Crippen LogP contribution >= 0.6 is 23.4 Å². The Kier molecular flexibility index (Phi) is 6.76. The van der Waals surface area contributed by atoms with Gasteiger partial charge in [0.05, 0.1) is 11.4 Å². The number of amides is 1. The number of hydrogen-bond acceptors (Lipinski definition) is 7.